The molecule has 0 amide bonds. The molecule has 3 heteroatoms. The van der Waals surface area contributed by atoms with Gasteiger partial charge in [0.05, 0.1) is 6.21 Å². The maximum atomic E-state index is 4.66. The SMILES string of the molecule is CON=Cc1cn(C)c2ccccc12. The summed E-state index contributed by atoms with van der Waals surface area (Å²) in [6.07, 6.45) is 3.76. The number of aryl methyl sites for hydroxylation is 1. The molecule has 0 saturated heterocycles. The zero-order valence-corrected chi connectivity index (χ0v) is 8.27. The van der Waals surface area contributed by atoms with E-state index in [2.05, 4.69) is 26.7 Å². The molecule has 0 atom stereocenters. The van der Waals surface area contributed by atoms with Crippen molar-refractivity contribution >= 4 is 17.1 Å². The molecule has 0 N–H and O–H groups in total. The molecule has 1 aromatic carbocycles. The van der Waals surface area contributed by atoms with E-state index in [4.69, 9.17) is 0 Å². The minimum absolute atomic E-state index is 1.07. The predicted molar refractivity (Wildman–Crippen MR) is 57.5 cm³/mol. The summed E-state index contributed by atoms with van der Waals surface area (Å²) in [7, 11) is 3.56. The quantitative estimate of drug-likeness (QED) is 0.524. The van der Waals surface area contributed by atoms with Gasteiger partial charge in [-0.15, -0.1) is 0 Å². The number of benzene rings is 1. The zero-order valence-electron chi connectivity index (χ0n) is 8.27. The Morgan fingerprint density at radius 2 is 2.14 bits per heavy atom. The molecule has 0 bridgehead atoms. The van der Waals surface area contributed by atoms with Gasteiger partial charge < -0.3 is 9.40 Å². The molecule has 2 rings (SSSR count). The molecule has 0 unspecified atom stereocenters. The van der Waals surface area contributed by atoms with E-state index in [-0.39, 0.29) is 0 Å². The van der Waals surface area contributed by atoms with Gasteiger partial charge >= 0.3 is 0 Å². The van der Waals surface area contributed by atoms with E-state index in [1.165, 1.54) is 10.9 Å². The zero-order chi connectivity index (χ0) is 9.97. The summed E-state index contributed by atoms with van der Waals surface area (Å²) >= 11 is 0. The van der Waals surface area contributed by atoms with Crippen molar-refractivity contribution in [3.63, 3.8) is 0 Å². The second kappa shape index (κ2) is 3.54. The van der Waals surface area contributed by atoms with Crippen molar-refractivity contribution in [3.05, 3.63) is 36.0 Å². The van der Waals surface area contributed by atoms with Crippen molar-refractivity contribution in [3.8, 4) is 0 Å². The highest BCUT2D eigenvalue weighted by atomic mass is 16.6. The van der Waals surface area contributed by atoms with E-state index in [9.17, 15) is 0 Å². The second-order valence-corrected chi connectivity index (χ2v) is 3.13. The highest BCUT2D eigenvalue weighted by molar-refractivity contribution is 5.99. The lowest BCUT2D eigenvalue weighted by Gasteiger charge is -1.92. The molecule has 0 radical (unpaired) electrons. The molecule has 0 aliphatic rings. The summed E-state index contributed by atoms with van der Waals surface area (Å²) < 4.78 is 2.08. The Bertz CT molecular complexity index is 471. The highest BCUT2D eigenvalue weighted by Gasteiger charge is 2.02. The first kappa shape index (κ1) is 8.81. The Morgan fingerprint density at radius 1 is 1.36 bits per heavy atom. The minimum Gasteiger partial charge on any atom is -0.399 e. The fraction of sp³-hybridized carbons (Fsp3) is 0.182. The van der Waals surface area contributed by atoms with Crippen LogP contribution in [0, 0.1) is 0 Å². The van der Waals surface area contributed by atoms with Crippen molar-refractivity contribution in [2.24, 2.45) is 12.2 Å². The first-order valence-corrected chi connectivity index (χ1v) is 4.43. The number of para-hydroxylation sites is 1. The summed E-state index contributed by atoms with van der Waals surface area (Å²) in [5, 5.41) is 4.96. The van der Waals surface area contributed by atoms with Crippen molar-refractivity contribution in [1.82, 2.24) is 4.57 Å². The van der Waals surface area contributed by atoms with Gasteiger partial charge in [0, 0.05) is 29.7 Å². The molecule has 14 heavy (non-hydrogen) atoms. The monoisotopic (exact) mass is 188 g/mol. The smallest absolute Gasteiger partial charge is 0.106 e. The van der Waals surface area contributed by atoms with Gasteiger partial charge in [-0.1, -0.05) is 23.4 Å². The predicted octanol–water partition coefficient (Wildman–Crippen LogP) is 2.16. The van der Waals surface area contributed by atoms with Crippen LogP contribution >= 0.6 is 0 Å². The molecule has 0 aliphatic carbocycles. The summed E-state index contributed by atoms with van der Waals surface area (Å²) in [6.45, 7) is 0. The molecule has 1 heterocycles. The van der Waals surface area contributed by atoms with Crippen molar-refractivity contribution in [2.75, 3.05) is 7.11 Å². The maximum absolute atomic E-state index is 4.66. The second-order valence-electron chi connectivity index (χ2n) is 3.13. The van der Waals surface area contributed by atoms with Crippen LogP contribution in [-0.4, -0.2) is 17.9 Å². The number of rotatable bonds is 2. The molecule has 72 valence electrons. The Balaban J connectivity index is 2.61. The van der Waals surface area contributed by atoms with Crippen LogP contribution in [0.25, 0.3) is 10.9 Å². The van der Waals surface area contributed by atoms with Gasteiger partial charge in [-0.3, -0.25) is 0 Å². The first-order valence-electron chi connectivity index (χ1n) is 4.43. The van der Waals surface area contributed by atoms with E-state index in [1.807, 2.05) is 25.4 Å². The molecule has 0 aliphatic heterocycles. The molecule has 3 nitrogen and oxygen atoms in total. The van der Waals surface area contributed by atoms with Gasteiger partial charge in [0.25, 0.3) is 0 Å². The topological polar surface area (TPSA) is 26.5 Å². The summed E-state index contributed by atoms with van der Waals surface area (Å²) in [5.74, 6) is 0. The van der Waals surface area contributed by atoms with Gasteiger partial charge in [-0.25, -0.2) is 0 Å². The standard InChI is InChI=1S/C11H12N2O/c1-13-8-9(7-12-14-2)10-5-3-4-6-11(10)13/h3-8H,1-2H3. The third kappa shape index (κ3) is 1.37. The van der Waals surface area contributed by atoms with Gasteiger partial charge in [0.15, 0.2) is 0 Å². The third-order valence-electron chi connectivity index (χ3n) is 2.22. The lowest BCUT2D eigenvalue weighted by molar-refractivity contribution is 0.215. The third-order valence-corrected chi connectivity index (χ3v) is 2.22. The lowest BCUT2D eigenvalue weighted by Crippen LogP contribution is -1.82. The molecule has 0 spiro atoms. The van der Waals surface area contributed by atoms with E-state index >= 15 is 0 Å². The van der Waals surface area contributed by atoms with Crippen LogP contribution in [-0.2, 0) is 11.9 Å². The Morgan fingerprint density at radius 3 is 2.93 bits per heavy atom. The van der Waals surface area contributed by atoms with Crippen LogP contribution in [0.3, 0.4) is 0 Å². The average molecular weight is 188 g/mol. The van der Waals surface area contributed by atoms with Crippen molar-refractivity contribution in [1.29, 1.82) is 0 Å². The van der Waals surface area contributed by atoms with Crippen molar-refractivity contribution in [2.45, 2.75) is 0 Å². The van der Waals surface area contributed by atoms with E-state index in [1.54, 1.807) is 13.3 Å². The van der Waals surface area contributed by atoms with Crippen LogP contribution < -0.4 is 0 Å². The minimum atomic E-state index is 1.07. The van der Waals surface area contributed by atoms with Crippen molar-refractivity contribution < 1.29 is 4.84 Å². The largest absolute Gasteiger partial charge is 0.399 e. The Hall–Kier alpha value is -1.77. The molecular formula is C11H12N2O. The van der Waals surface area contributed by atoms with Gasteiger partial charge in [0.1, 0.15) is 7.11 Å². The number of hydrogen-bond donors (Lipinski definition) is 0. The van der Waals surface area contributed by atoms with Crippen LogP contribution in [0.4, 0.5) is 0 Å². The van der Waals surface area contributed by atoms with Crippen LogP contribution in [0.2, 0.25) is 0 Å². The number of nitrogens with zero attached hydrogens (tertiary/aromatic N) is 2. The Labute approximate surface area is 82.6 Å². The Kier molecular flexibility index (Phi) is 2.23. The molecule has 0 fully saturated rings. The average Bonchev–Trinajstić information content (AvgIpc) is 2.54. The van der Waals surface area contributed by atoms with E-state index in [0.29, 0.717) is 0 Å². The first-order chi connectivity index (χ1) is 6.83. The number of hydrogen-bond acceptors (Lipinski definition) is 2. The van der Waals surface area contributed by atoms with Crippen LogP contribution in [0.1, 0.15) is 5.56 Å². The van der Waals surface area contributed by atoms with E-state index in [0.717, 1.165) is 5.56 Å². The number of aromatic nitrogens is 1. The van der Waals surface area contributed by atoms with Gasteiger partial charge in [0.2, 0.25) is 0 Å². The van der Waals surface area contributed by atoms with Crippen LogP contribution in [0.5, 0.6) is 0 Å². The molecule has 1 aromatic heterocycles. The van der Waals surface area contributed by atoms with Crippen LogP contribution in [0.15, 0.2) is 35.6 Å². The molecule has 2 aromatic rings. The number of oxime groups is 1. The number of fused-ring (bicyclic) bond motifs is 1. The van der Waals surface area contributed by atoms with Gasteiger partial charge in [-0.05, 0) is 6.07 Å². The summed E-state index contributed by atoms with van der Waals surface area (Å²) in [6, 6.07) is 8.21. The lowest BCUT2D eigenvalue weighted by atomic mass is 10.2. The fourth-order valence-electron chi connectivity index (χ4n) is 1.59. The highest BCUT2D eigenvalue weighted by Crippen LogP contribution is 2.18. The summed E-state index contributed by atoms with van der Waals surface area (Å²) in [5.41, 5.74) is 2.27. The maximum Gasteiger partial charge on any atom is 0.106 e. The molecular weight excluding hydrogens is 176 g/mol. The fourth-order valence-corrected chi connectivity index (χ4v) is 1.59. The summed E-state index contributed by atoms with van der Waals surface area (Å²) in [4.78, 5) is 4.66. The normalized spacial score (nSPS) is 11.3. The molecule has 0 saturated carbocycles. The van der Waals surface area contributed by atoms with E-state index < -0.39 is 0 Å². The van der Waals surface area contributed by atoms with Gasteiger partial charge in [-0.2, -0.15) is 0 Å².